The number of pyridine rings is 1. The number of aromatic nitrogens is 1. The molecule has 0 amide bonds. The standard InChI is InChI=1S/C16H25ClN4/c1-3-18-8-13-7-16(19-9-15(13)17)21-11-14-5-4-6-20(14)10-12(21)2/h7,9,12,14,18H,3-6,8,10-11H2,1-2H3. The Balaban J connectivity index is 1.79. The van der Waals surface area contributed by atoms with Gasteiger partial charge in [-0.1, -0.05) is 18.5 Å². The van der Waals surface area contributed by atoms with E-state index in [4.69, 9.17) is 11.6 Å². The average molecular weight is 309 g/mol. The Morgan fingerprint density at radius 3 is 3.10 bits per heavy atom. The van der Waals surface area contributed by atoms with Crippen LogP contribution in [-0.2, 0) is 6.54 Å². The van der Waals surface area contributed by atoms with Gasteiger partial charge in [0.25, 0.3) is 0 Å². The third-order valence-corrected chi connectivity index (χ3v) is 5.06. The van der Waals surface area contributed by atoms with E-state index >= 15 is 0 Å². The van der Waals surface area contributed by atoms with Crippen LogP contribution in [0.3, 0.4) is 0 Å². The molecule has 0 aliphatic carbocycles. The van der Waals surface area contributed by atoms with E-state index < -0.39 is 0 Å². The lowest BCUT2D eigenvalue weighted by Crippen LogP contribution is -2.55. The Bertz CT molecular complexity index is 493. The molecule has 2 aliphatic rings. The van der Waals surface area contributed by atoms with E-state index in [0.717, 1.165) is 42.6 Å². The summed E-state index contributed by atoms with van der Waals surface area (Å²) in [6.07, 6.45) is 4.46. The van der Waals surface area contributed by atoms with Crippen molar-refractivity contribution in [2.45, 2.75) is 45.3 Å². The molecule has 116 valence electrons. The van der Waals surface area contributed by atoms with Gasteiger partial charge in [0, 0.05) is 37.9 Å². The maximum Gasteiger partial charge on any atom is 0.129 e. The fraction of sp³-hybridized carbons (Fsp3) is 0.688. The molecule has 3 heterocycles. The zero-order valence-electron chi connectivity index (χ0n) is 13.0. The summed E-state index contributed by atoms with van der Waals surface area (Å²) in [5.41, 5.74) is 1.14. The molecule has 1 N–H and O–H groups in total. The van der Waals surface area contributed by atoms with E-state index in [1.54, 1.807) is 6.20 Å². The summed E-state index contributed by atoms with van der Waals surface area (Å²) in [7, 11) is 0. The molecule has 0 saturated carbocycles. The molecule has 1 aromatic rings. The van der Waals surface area contributed by atoms with Gasteiger partial charge in [0.1, 0.15) is 5.82 Å². The monoisotopic (exact) mass is 308 g/mol. The summed E-state index contributed by atoms with van der Waals surface area (Å²) in [6, 6.07) is 3.38. The molecule has 5 heteroatoms. The maximum absolute atomic E-state index is 6.27. The number of nitrogens with zero attached hydrogens (tertiary/aromatic N) is 3. The van der Waals surface area contributed by atoms with Crippen LogP contribution < -0.4 is 10.2 Å². The minimum absolute atomic E-state index is 0.514. The zero-order chi connectivity index (χ0) is 14.8. The van der Waals surface area contributed by atoms with E-state index in [1.807, 2.05) is 0 Å². The fourth-order valence-corrected chi connectivity index (χ4v) is 3.70. The topological polar surface area (TPSA) is 31.4 Å². The number of piperazine rings is 1. The van der Waals surface area contributed by atoms with Gasteiger partial charge in [-0.3, -0.25) is 4.90 Å². The van der Waals surface area contributed by atoms with E-state index in [2.05, 4.69) is 40.0 Å². The number of hydrogen-bond donors (Lipinski definition) is 1. The molecule has 3 rings (SSSR count). The van der Waals surface area contributed by atoms with Gasteiger partial charge in [-0.25, -0.2) is 4.98 Å². The van der Waals surface area contributed by atoms with E-state index in [0.29, 0.717) is 12.1 Å². The zero-order valence-corrected chi connectivity index (χ0v) is 13.7. The van der Waals surface area contributed by atoms with Crippen LogP contribution in [0.2, 0.25) is 5.02 Å². The van der Waals surface area contributed by atoms with Crippen molar-refractivity contribution < 1.29 is 0 Å². The summed E-state index contributed by atoms with van der Waals surface area (Å²) in [5, 5.41) is 4.10. The molecule has 1 aromatic heterocycles. The van der Waals surface area contributed by atoms with Gasteiger partial charge in [-0.05, 0) is 44.5 Å². The lowest BCUT2D eigenvalue weighted by atomic mass is 10.1. The van der Waals surface area contributed by atoms with Crippen molar-refractivity contribution in [3.63, 3.8) is 0 Å². The largest absolute Gasteiger partial charge is 0.351 e. The second-order valence-electron chi connectivity index (χ2n) is 6.21. The number of nitrogens with one attached hydrogen (secondary N) is 1. The molecule has 21 heavy (non-hydrogen) atoms. The van der Waals surface area contributed by atoms with Crippen molar-refractivity contribution in [3.05, 3.63) is 22.8 Å². The Kier molecular flexibility index (Phi) is 4.67. The first-order valence-corrected chi connectivity index (χ1v) is 8.42. The number of anilines is 1. The van der Waals surface area contributed by atoms with Crippen molar-refractivity contribution in [2.24, 2.45) is 0 Å². The number of halogens is 1. The smallest absolute Gasteiger partial charge is 0.129 e. The summed E-state index contributed by atoms with van der Waals surface area (Å²) in [6.45, 7) is 9.68. The lowest BCUT2D eigenvalue weighted by Gasteiger charge is -2.43. The first kappa shape index (κ1) is 15.1. The Morgan fingerprint density at radius 1 is 1.43 bits per heavy atom. The van der Waals surface area contributed by atoms with Crippen molar-refractivity contribution in [1.29, 1.82) is 0 Å². The summed E-state index contributed by atoms with van der Waals surface area (Å²) in [5.74, 6) is 1.08. The highest BCUT2D eigenvalue weighted by Crippen LogP contribution is 2.29. The number of rotatable bonds is 4. The van der Waals surface area contributed by atoms with E-state index in [-0.39, 0.29) is 0 Å². The fourth-order valence-electron chi connectivity index (χ4n) is 3.53. The van der Waals surface area contributed by atoms with E-state index in [9.17, 15) is 0 Å². The third-order valence-electron chi connectivity index (χ3n) is 4.72. The van der Waals surface area contributed by atoms with Crippen LogP contribution in [-0.4, -0.2) is 48.1 Å². The summed E-state index contributed by atoms with van der Waals surface area (Å²) in [4.78, 5) is 9.68. The molecule has 0 aromatic carbocycles. The van der Waals surface area contributed by atoms with Crippen LogP contribution in [0.4, 0.5) is 5.82 Å². The van der Waals surface area contributed by atoms with Crippen molar-refractivity contribution in [1.82, 2.24) is 15.2 Å². The van der Waals surface area contributed by atoms with Gasteiger partial charge in [-0.2, -0.15) is 0 Å². The molecule has 2 saturated heterocycles. The molecular weight excluding hydrogens is 284 g/mol. The second-order valence-corrected chi connectivity index (χ2v) is 6.61. The highest BCUT2D eigenvalue weighted by Gasteiger charge is 2.34. The predicted molar refractivity (Wildman–Crippen MR) is 88.0 cm³/mol. The SMILES string of the molecule is CCNCc1cc(N2CC3CCCN3CC2C)ncc1Cl. The van der Waals surface area contributed by atoms with Crippen LogP contribution in [0.5, 0.6) is 0 Å². The first-order valence-electron chi connectivity index (χ1n) is 8.05. The predicted octanol–water partition coefficient (Wildman–Crippen LogP) is 2.52. The quantitative estimate of drug-likeness (QED) is 0.926. The van der Waals surface area contributed by atoms with Crippen LogP contribution >= 0.6 is 11.6 Å². The molecular formula is C16H25ClN4. The van der Waals surface area contributed by atoms with Crippen molar-refractivity contribution in [3.8, 4) is 0 Å². The Hall–Kier alpha value is -0.840. The minimum Gasteiger partial charge on any atom is -0.351 e. The number of fused-ring (bicyclic) bond motifs is 1. The first-order chi connectivity index (χ1) is 10.2. The van der Waals surface area contributed by atoms with Crippen LogP contribution in [0.1, 0.15) is 32.3 Å². The van der Waals surface area contributed by atoms with Gasteiger partial charge >= 0.3 is 0 Å². The van der Waals surface area contributed by atoms with Crippen molar-refractivity contribution >= 4 is 17.4 Å². The van der Waals surface area contributed by atoms with Gasteiger partial charge < -0.3 is 10.2 Å². The second kappa shape index (κ2) is 6.51. The number of hydrogen-bond acceptors (Lipinski definition) is 4. The molecule has 4 nitrogen and oxygen atoms in total. The summed E-state index contributed by atoms with van der Waals surface area (Å²) >= 11 is 6.27. The van der Waals surface area contributed by atoms with E-state index in [1.165, 1.54) is 19.4 Å². The van der Waals surface area contributed by atoms with Crippen LogP contribution in [0.15, 0.2) is 12.3 Å². The lowest BCUT2D eigenvalue weighted by molar-refractivity contribution is 0.202. The normalized spacial score (nSPS) is 26.1. The third kappa shape index (κ3) is 3.17. The minimum atomic E-state index is 0.514. The molecule has 2 atom stereocenters. The summed E-state index contributed by atoms with van der Waals surface area (Å²) < 4.78 is 0. The molecule has 0 bridgehead atoms. The molecule has 2 fully saturated rings. The van der Waals surface area contributed by atoms with Crippen molar-refractivity contribution in [2.75, 3.05) is 31.1 Å². The Morgan fingerprint density at radius 2 is 2.29 bits per heavy atom. The Labute approximate surface area is 132 Å². The maximum atomic E-state index is 6.27. The van der Waals surface area contributed by atoms with Gasteiger partial charge in [0.15, 0.2) is 0 Å². The van der Waals surface area contributed by atoms with Gasteiger partial charge in [-0.15, -0.1) is 0 Å². The van der Waals surface area contributed by atoms with Gasteiger partial charge in [0.2, 0.25) is 0 Å². The van der Waals surface area contributed by atoms with Crippen LogP contribution in [0, 0.1) is 0 Å². The average Bonchev–Trinajstić information content (AvgIpc) is 2.93. The molecule has 0 radical (unpaired) electrons. The highest BCUT2D eigenvalue weighted by atomic mass is 35.5. The van der Waals surface area contributed by atoms with Gasteiger partial charge in [0.05, 0.1) is 5.02 Å². The highest BCUT2D eigenvalue weighted by molar-refractivity contribution is 6.31. The molecule has 2 aliphatic heterocycles. The molecule has 0 spiro atoms. The van der Waals surface area contributed by atoms with Crippen LogP contribution in [0.25, 0.3) is 0 Å². The molecule has 2 unspecified atom stereocenters.